The van der Waals surface area contributed by atoms with Gasteiger partial charge in [-0.1, -0.05) is 53.2 Å². The Kier molecular flexibility index (Phi) is 8.51. The van der Waals surface area contributed by atoms with E-state index in [2.05, 4.69) is 21.2 Å². The highest BCUT2D eigenvalue weighted by atomic mass is 79.9. The standard InChI is InChI=1S/C22H27BrN2O3/c1-4-13-24-22(27)17(3)25(14-18-9-11-19(23)12-10-18)21(26)15-28-20-8-6-5-7-16(20)2/h5-12,17H,4,13-15H2,1-3H3,(H,24,27)/t17-/m0/s1. The first-order valence-corrected chi connectivity index (χ1v) is 10.2. The minimum Gasteiger partial charge on any atom is -0.484 e. The summed E-state index contributed by atoms with van der Waals surface area (Å²) in [7, 11) is 0. The van der Waals surface area contributed by atoms with Gasteiger partial charge in [-0.25, -0.2) is 0 Å². The number of hydrogen-bond donors (Lipinski definition) is 1. The lowest BCUT2D eigenvalue weighted by atomic mass is 10.1. The van der Waals surface area contributed by atoms with Gasteiger partial charge in [-0.2, -0.15) is 0 Å². The Hall–Kier alpha value is -2.34. The van der Waals surface area contributed by atoms with Gasteiger partial charge in [0.1, 0.15) is 11.8 Å². The molecule has 1 N–H and O–H groups in total. The van der Waals surface area contributed by atoms with E-state index in [0.29, 0.717) is 18.8 Å². The SMILES string of the molecule is CCCNC(=O)[C@H](C)N(Cc1ccc(Br)cc1)C(=O)COc1ccccc1C. The monoisotopic (exact) mass is 446 g/mol. The highest BCUT2D eigenvalue weighted by Crippen LogP contribution is 2.18. The average Bonchev–Trinajstić information content (AvgIpc) is 2.70. The number of benzene rings is 2. The van der Waals surface area contributed by atoms with Crippen molar-refractivity contribution in [3.63, 3.8) is 0 Å². The Bertz CT molecular complexity index is 793. The molecule has 0 saturated heterocycles. The van der Waals surface area contributed by atoms with Crippen molar-refractivity contribution in [3.8, 4) is 5.75 Å². The Labute approximate surface area is 175 Å². The first-order chi connectivity index (χ1) is 13.4. The molecule has 1 atom stereocenters. The molecule has 0 aliphatic heterocycles. The number of carbonyl (C=O) groups excluding carboxylic acids is 2. The van der Waals surface area contributed by atoms with Crippen molar-refractivity contribution in [1.29, 1.82) is 0 Å². The molecule has 28 heavy (non-hydrogen) atoms. The normalized spacial score (nSPS) is 11.6. The maximum Gasteiger partial charge on any atom is 0.261 e. The zero-order valence-corrected chi connectivity index (χ0v) is 18.2. The second-order valence-corrected chi connectivity index (χ2v) is 7.58. The van der Waals surface area contributed by atoms with Crippen LogP contribution < -0.4 is 10.1 Å². The summed E-state index contributed by atoms with van der Waals surface area (Å²) in [6.07, 6.45) is 0.843. The van der Waals surface area contributed by atoms with Crippen molar-refractivity contribution in [1.82, 2.24) is 10.2 Å². The molecule has 0 unspecified atom stereocenters. The third-order valence-electron chi connectivity index (χ3n) is 4.43. The second kappa shape index (κ2) is 10.9. The summed E-state index contributed by atoms with van der Waals surface area (Å²) in [5, 5.41) is 2.86. The number of nitrogens with one attached hydrogen (secondary N) is 1. The third kappa shape index (κ3) is 6.37. The van der Waals surface area contributed by atoms with Crippen LogP contribution in [0, 0.1) is 6.92 Å². The van der Waals surface area contributed by atoms with Crippen molar-refractivity contribution >= 4 is 27.7 Å². The average molecular weight is 447 g/mol. The van der Waals surface area contributed by atoms with Crippen LogP contribution in [0.2, 0.25) is 0 Å². The van der Waals surface area contributed by atoms with Crippen molar-refractivity contribution in [2.75, 3.05) is 13.2 Å². The lowest BCUT2D eigenvalue weighted by molar-refractivity contribution is -0.142. The molecule has 2 rings (SSSR count). The van der Waals surface area contributed by atoms with Gasteiger partial charge in [0.2, 0.25) is 5.91 Å². The third-order valence-corrected chi connectivity index (χ3v) is 4.96. The van der Waals surface area contributed by atoms with Gasteiger partial charge in [0.05, 0.1) is 0 Å². The quantitative estimate of drug-likeness (QED) is 0.630. The van der Waals surface area contributed by atoms with Crippen molar-refractivity contribution in [2.45, 2.75) is 39.8 Å². The van der Waals surface area contributed by atoms with Gasteiger partial charge in [0, 0.05) is 17.6 Å². The van der Waals surface area contributed by atoms with Gasteiger partial charge < -0.3 is 15.0 Å². The molecule has 2 amide bonds. The van der Waals surface area contributed by atoms with E-state index in [1.165, 1.54) is 0 Å². The van der Waals surface area contributed by atoms with E-state index in [1.807, 2.05) is 62.4 Å². The number of carbonyl (C=O) groups is 2. The highest BCUT2D eigenvalue weighted by Gasteiger charge is 2.26. The van der Waals surface area contributed by atoms with E-state index < -0.39 is 6.04 Å². The number of aryl methyl sites for hydroxylation is 1. The first kappa shape index (κ1) is 22.0. The van der Waals surface area contributed by atoms with Gasteiger partial charge in [-0.05, 0) is 49.6 Å². The molecule has 5 nitrogen and oxygen atoms in total. The predicted molar refractivity (Wildman–Crippen MR) is 114 cm³/mol. The van der Waals surface area contributed by atoms with Crippen molar-refractivity contribution in [3.05, 3.63) is 64.1 Å². The van der Waals surface area contributed by atoms with Crippen LogP contribution in [-0.4, -0.2) is 35.9 Å². The van der Waals surface area contributed by atoms with E-state index in [1.54, 1.807) is 11.8 Å². The minimum atomic E-state index is -0.594. The molecule has 0 radical (unpaired) electrons. The van der Waals surface area contributed by atoms with Crippen LogP contribution in [-0.2, 0) is 16.1 Å². The first-order valence-electron chi connectivity index (χ1n) is 9.42. The minimum absolute atomic E-state index is 0.118. The highest BCUT2D eigenvalue weighted by molar-refractivity contribution is 9.10. The molecular formula is C22H27BrN2O3. The molecular weight excluding hydrogens is 420 g/mol. The molecule has 0 bridgehead atoms. The lowest BCUT2D eigenvalue weighted by Gasteiger charge is -2.29. The molecule has 150 valence electrons. The van der Waals surface area contributed by atoms with E-state index >= 15 is 0 Å². The zero-order chi connectivity index (χ0) is 20.5. The van der Waals surface area contributed by atoms with Crippen LogP contribution in [0.3, 0.4) is 0 Å². The summed E-state index contributed by atoms with van der Waals surface area (Å²) < 4.78 is 6.68. The summed E-state index contributed by atoms with van der Waals surface area (Å²) >= 11 is 3.41. The zero-order valence-electron chi connectivity index (χ0n) is 16.6. The summed E-state index contributed by atoms with van der Waals surface area (Å²) in [5.41, 5.74) is 1.91. The summed E-state index contributed by atoms with van der Waals surface area (Å²) in [4.78, 5) is 27.0. The van der Waals surface area contributed by atoms with Crippen LogP contribution in [0.4, 0.5) is 0 Å². The molecule has 0 fully saturated rings. The molecule has 0 saturated carbocycles. The predicted octanol–water partition coefficient (Wildman–Crippen LogP) is 4.08. The molecule has 0 heterocycles. The van der Waals surface area contributed by atoms with Gasteiger partial charge in [-0.15, -0.1) is 0 Å². The molecule has 2 aromatic rings. The molecule has 6 heteroatoms. The van der Waals surface area contributed by atoms with Gasteiger partial charge in [0.25, 0.3) is 5.91 Å². The number of para-hydroxylation sites is 1. The smallest absolute Gasteiger partial charge is 0.261 e. The Morgan fingerprint density at radius 3 is 2.46 bits per heavy atom. The molecule has 0 aromatic heterocycles. The van der Waals surface area contributed by atoms with Crippen LogP contribution in [0.15, 0.2) is 53.0 Å². The molecule has 0 aliphatic carbocycles. The fourth-order valence-corrected chi connectivity index (χ4v) is 2.97. The Morgan fingerprint density at radius 2 is 1.82 bits per heavy atom. The number of ether oxygens (including phenoxy) is 1. The maximum absolute atomic E-state index is 12.9. The fraction of sp³-hybridized carbons (Fsp3) is 0.364. The van der Waals surface area contributed by atoms with Crippen LogP contribution in [0.1, 0.15) is 31.4 Å². The Morgan fingerprint density at radius 1 is 1.14 bits per heavy atom. The number of halogens is 1. The lowest BCUT2D eigenvalue weighted by Crippen LogP contribution is -2.49. The molecule has 0 spiro atoms. The Balaban J connectivity index is 2.13. The summed E-state index contributed by atoms with van der Waals surface area (Å²) in [6, 6.07) is 14.7. The van der Waals surface area contributed by atoms with Crippen molar-refractivity contribution < 1.29 is 14.3 Å². The molecule has 2 aromatic carbocycles. The van der Waals surface area contributed by atoms with E-state index in [0.717, 1.165) is 22.0 Å². The van der Waals surface area contributed by atoms with Crippen LogP contribution >= 0.6 is 15.9 Å². The van der Waals surface area contributed by atoms with Gasteiger partial charge >= 0.3 is 0 Å². The number of amides is 2. The van der Waals surface area contributed by atoms with E-state index in [4.69, 9.17) is 4.74 Å². The second-order valence-electron chi connectivity index (χ2n) is 6.67. The van der Waals surface area contributed by atoms with E-state index in [-0.39, 0.29) is 18.4 Å². The van der Waals surface area contributed by atoms with Gasteiger partial charge in [-0.3, -0.25) is 9.59 Å². The van der Waals surface area contributed by atoms with Crippen LogP contribution in [0.25, 0.3) is 0 Å². The summed E-state index contributed by atoms with van der Waals surface area (Å²) in [5.74, 6) is 0.274. The number of hydrogen-bond acceptors (Lipinski definition) is 3. The van der Waals surface area contributed by atoms with E-state index in [9.17, 15) is 9.59 Å². The maximum atomic E-state index is 12.9. The number of rotatable bonds is 9. The van der Waals surface area contributed by atoms with Crippen molar-refractivity contribution in [2.24, 2.45) is 0 Å². The summed E-state index contributed by atoms with van der Waals surface area (Å²) in [6.45, 7) is 6.47. The number of nitrogens with zero attached hydrogens (tertiary/aromatic N) is 1. The largest absolute Gasteiger partial charge is 0.484 e. The van der Waals surface area contributed by atoms with Gasteiger partial charge in [0.15, 0.2) is 6.61 Å². The molecule has 0 aliphatic rings. The fourth-order valence-electron chi connectivity index (χ4n) is 2.71. The van der Waals surface area contributed by atoms with Crippen LogP contribution in [0.5, 0.6) is 5.75 Å². The topological polar surface area (TPSA) is 58.6 Å².